The first-order valence-electron chi connectivity index (χ1n) is 4.85. The average Bonchev–Trinajstić information content (AvgIpc) is 2.73. The van der Waals surface area contributed by atoms with E-state index in [-0.39, 0.29) is 12.5 Å². The minimum absolute atomic E-state index is 0.124. The zero-order valence-corrected chi connectivity index (χ0v) is 8.96. The largest absolute Gasteiger partial charge is 0.329 e. The Bertz CT molecular complexity index is 425. The van der Waals surface area contributed by atoms with Crippen LogP contribution in [0.2, 0.25) is 0 Å². The van der Waals surface area contributed by atoms with Gasteiger partial charge in [-0.15, -0.1) is 0 Å². The zero-order chi connectivity index (χ0) is 12.5. The normalized spacial score (nSPS) is 12.7. The Kier molecular flexibility index (Phi) is 5.06. The summed E-state index contributed by atoms with van der Waals surface area (Å²) in [4.78, 5) is 22.7. The molecule has 17 heavy (non-hydrogen) atoms. The van der Waals surface area contributed by atoms with Crippen molar-refractivity contribution in [1.29, 1.82) is 0 Å². The number of urea groups is 1. The number of nitrogens with zero attached hydrogens (tertiary/aromatic N) is 3. The highest BCUT2D eigenvalue weighted by atomic mass is 16.2. The molecule has 1 fully saturated rings. The molecule has 0 saturated carbocycles. The number of hydrogen-bond acceptors (Lipinski definition) is 3. The van der Waals surface area contributed by atoms with E-state index in [1.807, 2.05) is 35.6 Å². The monoisotopic (exact) mass is 233 g/mol. The molecule has 7 heteroatoms. The van der Waals surface area contributed by atoms with E-state index in [4.69, 9.17) is 5.53 Å². The van der Waals surface area contributed by atoms with Crippen molar-refractivity contribution in [2.24, 2.45) is 5.11 Å². The second kappa shape index (κ2) is 6.86. The summed E-state index contributed by atoms with van der Waals surface area (Å²) >= 11 is 0. The molecule has 1 aromatic carbocycles. The molecular weight excluding hydrogens is 222 g/mol. The summed E-state index contributed by atoms with van der Waals surface area (Å²) < 4.78 is 0. The van der Waals surface area contributed by atoms with Gasteiger partial charge in [-0.1, -0.05) is 35.4 Å². The Balaban J connectivity index is 0.000000181. The van der Waals surface area contributed by atoms with Crippen LogP contribution in [0.3, 0.4) is 0 Å². The second-order valence-electron chi connectivity index (χ2n) is 3.11. The van der Waals surface area contributed by atoms with E-state index < -0.39 is 6.03 Å². The fraction of sp³-hybridized carbons (Fsp3) is 0.200. The molecule has 88 valence electrons. The summed E-state index contributed by atoms with van der Waals surface area (Å²) in [5.41, 5.74) is 9.03. The molecule has 7 nitrogen and oxygen atoms in total. The first-order chi connectivity index (χ1) is 8.22. The molecule has 0 spiro atoms. The van der Waals surface area contributed by atoms with Crippen molar-refractivity contribution in [3.63, 3.8) is 0 Å². The molecule has 1 aliphatic heterocycles. The van der Waals surface area contributed by atoms with Gasteiger partial charge >= 0.3 is 6.03 Å². The summed E-state index contributed by atoms with van der Waals surface area (Å²) in [5, 5.41) is 7.72. The maximum absolute atomic E-state index is 10.1. The molecule has 3 amide bonds. The summed E-state index contributed by atoms with van der Waals surface area (Å²) in [6.45, 7) is 0.566. The van der Waals surface area contributed by atoms with Crippen LogP contribution in [0.5, 0.6) is 0 Å². The number of carbonyl (C=O) groups is 2. The van der Waals surface area contributed by atoms with E-state index >= 15 is 0 Å². The van der Waals surface area contributed by atoms with E-state index in [0.717, 1.165) is 5.56 Å². The molecule has 1 aromatic rings. The van der Waals surface area contributed by atoms with Gasteiger partial charge in [-0.05, 0) is 11.1 Å². The average molecular weight is 233 g/mol. The van der Waals surface area contributed by atoms with Gasteiger partial charge in [-0.3, -0.25) is 10.1 Å². The van der Waals surface area contributed by atoms with Crippen LogP contribution >= 0.6 is 0 Å². The lowest BCUT2D eigenvalue weighted by atomic mass is 10.2. The van der Waals surface area contributed by atoms with Gasteiger partial charge in [0, 0.05) is 4.91 Å². The van der Waals surface area contributed by atoms with Crippen molar-refractivity contribution < 1.29 is 9.59 Å². The molecule has 0 bridgehead atoms. The molecule has 1 saturated heterocycles. The smallest absolute Gasteiger partial charge is 0.321 e. The van der Waals surface area contributed by atoms with E-state index in [1.54, 1.807) is 0 Å². The lowest BCUT2D eigenvalue weighted by molar-refractivity contribution is -0.117. The van der Waals surface area contributed by atoms with Crippen molar-refractivity contribution in [2.45, 2.75) is 6.54 Å². The third-order valence-corrected chi connectivity index (χ3v) is 1.82. The number of carbonyl (C=O) groups excluding carboxylic acids is 2. The maximum Gasteiger partial charge on any atom is 0.321 e. The number of imide groups is 1. The van der Waals surface area contributed by atoms with Crippen LogP contribution < -0.4 is 10.6 Å². The van der Waals surface area contributed by atoms with Crippen LogP contribution in [0, 0.1) is 0 Å². The van der Waals surface area contributed by atoms with Gasteiger partial charge in [0.1, 0.15) is 0 Å². The van der Waals surface area contributed by atoms with Crippen molar-refractivity contribution in [3.05, 3.63) is 46.3 Å². The summed E-state index contributed by atoms with van der Waals surface area (Å²) in [6, 6.07) is 9.22. The predicted molar refractivity (Wildman–Crippen MR) is 60.8 cm³/mol. The van der Waals surface area contributed by atoms with Gasteiger partial charge in [-0.25, -0.2) is 4.79 Å². The summed E-state index contributed by atoms with van der Waals surface area (Å²) in [7, 11) is 0. The Morgan fingerprint density at radius 1 is 1.29 bits per heavy atom. The third-order valence-electron chi connectivity index (χ3n) is 1.82. The molecule has 0 aliphatic carbocycles. The minimum atomic E-state index is -0.398. The van der Waals surface area contributed by atoms with Gasteiger partial charge in [-0.2, -0.15) is 0 Å². The number of rotatable bonds is 2. The minimum Gasteiger partial charge on any atom is -0.329 e. The van der Waals surface area contributed by atoms with Crippen molar-refractivity contribution in [2.75, 3.05) is 6.54 Å². The Labute approximate surface area is 97.4 Å². The SMILES string of the molecule is O=C1CNC(=O)N1.[N-]=[N+]=NCc1ccccc1. The molecule has 0 unspecified atom stereocenters. The van der Waals surface area contributed by atoms with Crippen molar-refractivity contribution in [3.8, 4) is 0 Å². The summed E-state index contributed by atoms with van der Waals surface area (Å²) in [6.07, 6.45) is 0. The molecule has 2 rings (SSSR count). The van der Waals surface area contributed by atoms with E-state index in [9.17, 15) is 9.59 Å². The number of amides is 3. The van der Waals surface area contributed by atoms with Gasteiger partial charge in [0.15, 0.2) is 0 Å². The fourth-order valence-electron chi connectivity index (χ4n) is 1.07. The Morgan fingerprint density at radius 2 is 2.00 bits per heavy atom. The van der Waals surface area contributed by atoms with Crippen molar-refractivity contribution >= 4 is 11.9 Å². The maximum atomic E-state index is 10.1. The first kappa shape index (κ1) is 12.5. The molecule has 0 radical (unpaired) electrons. The van der Waals surface area contributed by atoms with Crippen LogP contribution in [0.1, 0.15) is 5.56 Å². The first-order valence-corrected chi connectivity index (χ1v) is 4.85. The predicted octanol–water partition coefficient (Wildman–Crippen LogP) is 1.32. The zero-order valence-electron chi connectivity index (χ0n) is 8.96. The van der Waals surface area contributed by atoms with E-state index in [0.29, 0.717) is 6.54 Å². The van der Waals surface area contributed by atoms with Gasteiger partial charge in [0.05, 0.1) is 13.1 Å². The lowest BCUT2D eigenvalue weighted by Crippen LogP contribution is -2.22. The molecule has 1 heterocycles. The van der Waals surface area contributed by atoms with Crippen LogP contribution in [-0.2, 0) is 11.3 Å². The number of nitrogens with one attached hydrogen (secondary N) is 2. The van der Waals surface area contributed by atoms with Crippen LogP contribution in [0.15, 0.2) is 35.4 Å². The number of hydrogen-bond donors (Lipinski definition) is 2. The Morgan fingerprint density at radius 3 is 2.41 bits per heavy atom. The Hall–Kier alpha value is -2.53. The van der Waals surface area contributed by atoms with Crippen molar-refractivity contribution in [1.82, 2.24) is 10.6 Å². The second-order valence-corrected chi connectivity index (χ2v) is 3.11. The van der Waals surface area contributed by atoms with Crippen LogP contribution in [0.4, 0.5) is 4.79 Å². The molecule has 0 aromatic heterocycles. The molecule has 2 N–H and O–H groups in total. The lowest BCUT2D eigenvalue weighted by Gasteiger charge is -1.90. The highest BCUT2D eigenvalue weighted by Crippen LogP contribution is 1.99. The highest BCUT2D eigenvalue weighted by Gasteiger charge is 2.14. The van der Waals surface area contributed by atoms with Crippen LogP contribution in [0.25, 0.3) is 10.4 Å². The standard InChI is InChI=1S/C7H7N3.C3H4N2O2/c8-10-9-6-7-4-2-1-3-5-7;6-2-1-4-3(7)5-2/h1-5H,6H2;1H2,(H2,4,5,6,7). The highest BCUT2D eigenvalue weighted by molar-refractivity contribution is 6.01. The van der Waals surface area contributed by atoms with E-state index in [1.165, 1.54) is 0 Å². The van der Waals surface area contributed by atoms with Crippen LogP contribution in [-0.4, -0.2) is 18.5 Å². The van der Waals surface area contributed by atoms with Gasteiger partial charge < -0.3 is 5.32 Å². The van der Waals surface area contributed by atoms with Gasteiger partial charge in [0.2, 0.25) is 5.91 Å². The van der Waals surface area contributed by atoms with Gasteiger partial charge in [0.25, 0.3) is 0 Å². The third kappa shape index (κ3) is 5.19. The van der Waals surface area contributed by atoms with E-state index in [2.05, 4.69) is 15.3 Å². The molecular formula is C10H11N5O2. The topological polar surface area (TPSA) is 107 Å². The number of benzene rings is 1. The molecule has 1 aliphatic rings. The summed E-state index contributed by atoms with van der Waals surface area (Å²) in [5.74, 6) is -0.259. The number of azide groups is 1. The quantitative estimate of drug-likeness (QED) is 0.348. The fourth-order valence-corrected chi connectivity index (χ4v) is 1.07. The molecule has 0 atom stereocenters.